The fourth-order valence-electron chi connectivity index (χ4n) is 4.58. The zero-order valence-electron chi connectivity index (χ0n) is 21.9. The molecule has 2 aliphatic heterocycles. The highest BCUT2D eigenvalue weighted by atomic mass is 35.5. The van der Waals surface area contributed by atoms with Gasteiger partial charge >= 0.3 is 0 Å². The highest BCUT2D eigenvalue weighted by molar-refractivity contribution is 7.89. The Kier molecular flexibility index (Phi) is 8.53. The van der Waals surface area contributed by atoms with E-state index < -0.39 is 52.6 Å². The van der Waals surface area contributed by atoms with E-state index in [4.69, 9.17) is 16.3 Å². The van der Waals surface area contributed by atoms with Crippen LogP contribution in [0.1, 0.15) is 19.8 Å². The summed E-state index contributed by atoms with van der Waals surface area (Å²) >= 11 is 6.35. The summed E-state index contributed by atoms with van der Waals surface area (Å²) in [5.74, 6) is -4.03. The van der Waals surface area contributed by atoms with Crippen molar-refractivity contribution in [2.45, 2.75) is 42.3 Å². The molecule has 2 heterocycles. The molecule has 2 amide bonds. The number of rotatable bonds is 8. The number of alkyl halides is 3. The number of piperidine rings is 1. The van der Waals surface area contributed by atoms with Gasteiger partial charge in [-0.2, -0.15) is 4.31 Å². The van der Waals surface area contributed by atoms with Gasteiger partial charge in [-0.15, -0.1) is 0 Å². The molecule has 2 aromatic carbocycles. The van der Waals surface area contributed by atoms with Crippen molar-refractivity contribution in [2.75, 3.05) is 33.3 Å². The molecule has 40 heavy (non-hydrogen) atoms. The van der Waals surface area contributed by atoms with Gasteiger partial charge in [0.1, 0.15) is 5.75 Å². The zero-order valence-corrected chi connectivity index (χ0v) is 23.4. The molecule has 0 bridgehead atoms. The zero-order chi connectivity index (χ0) is 29.3. The fourth-order valence-corrected chi connectivity index (χ4v) is 6.45. The molecule has 0 aromatic heterocycles. The van der Waals surface area contributed by atoms with Gasteiger partial charge in [-0.3, -0.25) is 9.59 Å². The minimum absolute atomic E-state index is 0.0272. The molecule has 4 rings (SSSR count). The molecular formula is C27H29ClF3N3O5S. The Morgan fingerprint density at radius 2 is 1.73 bits per heavy atom. The number of halogens is 4. The van der Waals surface area contributed by atoms with E-state index in [1.165, 1.54) is 32.2 Å². The quantitative estimate of drug-likeness (QED) is 0.462. The van der Waals surface area contributed by atoms with E-state index >= 15 is 4.39 Å². The summed E-state index contributed by atoms with van der Waals surface area (Å²) in [5.41, 5.74) is -1.51. The Bertz CT molecular complexity index is 1420. The Morgan fingerprint density at radius 3 is 2.33 bits per heavy atom. The second kappa shape index (κ2) is 11.4. The summed E-state index contributed by atoms with van der Waals surface area (Å²) in [6.07, 6.45) is 1.59. The van der Waals surface area contributed by atoms with E-state index in [0.717, 1.165) is 15.3 Å². The smallest absolute Gasteiger partial charge is 0.282 e. The van der Waals surface area contributed by atoms with Crippen LogP contribution in [0.2, 0.25) is 5.02 Å². The first-order valence-electron chi connectivity index (χ1n) is 12.5. The maximum absolute atomic E-state index is 15.6. The predicted octanol–water partition coefficient (Wildman–Crippen LogP) is 4.05. The molecule has 0 aliphatic carbocycles. The van der Waals surface area contributed by atoms with Crippen LogP contribution in [0.15, 0.2) is 59.5 Å². The highest BCUT2D eigenvalue weighted by Crippen LogP contribution is 2.38. The van der Waals surface area contributed by atoms with Crippen molar-refractivity contribution >= 4 is 33.4 Å². The second-order valence-corrected chi connectivity index (χ2v) is 12.2. The molecule has 2 aromatic rings. The van der Waals surface area contributed by atoms with Crippen LogP contribution in [0.5, 0.6) is 5.75 Å². The number of nitrogens with zero attached hydrogens (tertiary/aromatic N) is 2. The van der Waals surface area contributed by atoms with Crippen molar-refractivity contribution in [2.24, 2.45) is 0 Å². The highest BCUT2D eigenvalue weighted by Gasteiger charge is 2.46. The molecule has 2 saturated heterocycles. The van der Waals surface area contributed by atoms with Gasteiger partial charge in [-0.25, -0.2) is 21.6 Å². The molecule has 1 N–H and O–H groups in total. The molecule has 8 nitrogen and oxygen atoms in total. The molecule has 0 unspecified atom stereocenters. The number of likely N-dealkylation sites (tertiary alicyclic amines) is 1. The number of benzene rings is 2. The average molecular weight is 600 g/mol. The van der Waals surface area contributed by atoms with Crippen LogP contribution in [0, 0.1) is 0 Å². The first-order chi connectivity index (χ1) is 18.8. The number of carbonyl (C=O) groups is 2. The third kappa shape index (κ3) is 6.29. The molecule has 2 aliphatic rings. The number of carbonyl (C=O) groups excluding carboxylic acids is 2. The van der Waals surface area contributed by atoms with Crippen molar-refractivity contribution in [3.63, 3.8) is 0 Å². The number of ether oxygens (including phenoxy) is 1. The third-order valence-corrected chi connectivity index (χ3v) is 9.22. The Labute approximate surface area is 235 Å². The van der Waals surface area contributed by atoms with E-state index in [1.807, 2.05) is 0 Å². The third-order valence-electron chi connectivity index (χ3n) is 6.93. The monoisotopic (exact) mass is 599 g/mol. The number of hydrogen-bond acceptors (Lipinski definition) is 5. The largest absolute Gasteiger partial charge is 0.497 e. The summed E-state index contributed by atoms with van der Waals surface area (Å²) in [6, 6.07) is 10.5. The summed E-state index contributed by atoms with van der Waals surface area (Å²) in [6.45, 7) is -0.311. The lowest BCUT2D eigenvalue weighted by Gasteiger charge is -2.38. The summed E-state index contributed by atoms with van der Waals surface area (Å²) in [4.78, 5) is 25.6. The first kappa shape index (κ1) is 29.9. The van der Waals surface area contributed by atoms with Gasteiger partial charge in [0.2, 0.25) is 15.9 Å². The molecule has 0 saturated carbocycles. The SMILES string of the molecule is COc1ccc(S(=O)(=O)N2CCC(F)(C(=O)N[C@H](C)/C=C/C(=O)N3CC(F)(F)C3)CC2)c(-c2ccccc2Cl)c1. The Morgan fingerprint density at radius 1 is 1.07 bits per heavy atom. The van der Waals surface area contributed by atoms with Crippen LogP contribution in [0.4, 0.5) is 13.2 Å². The van der Waals surface area contributed by atoms with Gasteiger partial charge in [0.05, 0.1) is 25.1 Å². The summed E-state index contributed by atoms with van der Waals surface area (Å²) in [7, 11) is -2.64. The van der Waals surface area contributed by atoms with Gasteiger partial charge in [0.25, 0.3) is 11.8 Å². The van der Waals surface area contributed by atoms with Crippen LogP contribution in [-0.4, -0.2) is 80.4 Å². The first-order valence-corrected chi connectivity index (χ1v) is 14.4. The van der Waals surface area contributed by atoms with Crippen LogP contribution in [-0.2, 0) is 19.6 Å². The minimum Gasteiger partial charge on any atom is -0.497 e. The lowest BCUT2D eigenvalue weighted by molar-refractivity contribution is -0.160. The lowest BCUT2D eigenvalue weighted by atomic mass is 9.93. The van der Waals surface area contributed by atoms with Crippen molar-refractivity contribution < 1.29 is 35.9 Å². The predicted molar refractivity (Wildman–Crippen MR) is 144 cm³/mol. The summed E-state index contributed by atoms with van der Waals surface area (Å²) < 4.78 is 75.2. The van der Waals surface area contributed by atoms with Gasteiger partial charge in [0, 0.05) is 54.2 Å². The van der Waals surface area contributed by atoms with Crippen LogP contribution >= 0.6 is 11.6 Å². The second-order valence-electron chi connectivity index (χ2n) is 9.88. The number of nitrogens with one attached hydrogen (secondary N) is 1. The molecule has 216 valence electrons. The molecule has 1 atom stereocenters. The van der Waals surface area contributed by atoms with E-state index in [-0.39, 0.29) is 30.8 Å². The number of hydrogen-bond donors (Lipinski definition) is 1. The number of sulfonamides is 1. The van der Waals surface area contributed by atoms with Gasteiger partial charge in [0.15, 0.2) is 5.67 Å². The van der Waals surface area contributed by atoms with Crippen LogP contribution < -0.4 is 10.1 Å². The Hall–Kier alpha value is -3.09. The van der Waals surface area contributed by atoms with E-state index in [2.05, 4.69) is 5.32 Å². The number of methoxy groups -OCH3 is 1. The number of amides is 2. The summed E-state index contributed by atoms with van der Waals surface area (Å²) in [5, 5.41) is 2.80. The van der Waals surface area contributed by atoms with E-state index in [0.29, 0.717) is 21.9 Å². The average Bonchev–Trinajstić information content (AvgIpc) is 2.90. The van der Waals surface area contributed by atoms with Crippen molar-refractivity contribution in [3.8, 4) is 16.9 Å². The topological polar surface area (TPSA) is 96.0 Å². The minimum atomic E-state index is -4.10. The molecule has 0 spiro atoms. The van der Waals surface area contributed by atoms with Crippen LogP contribution in [0.3, 0.4) is 0 Å². The van der Waals surface area contributed by atoms with E-state index in [1.54, 1.807) is 30.3 Å². The Balaban J connectivity index is 1.43. The normalized spacial score (nSPS) is 19.6. The standard InChI is InChI=1S/C27H29ClF3N3O5S/c1-18(7-10-24(35)33-16-27(30,31)17-33)32-25(36)26(29)11-13-34(14-12-26)40(37,38)23-9-8-19(39-2)15-21(23)20-5-3-4-6-22(20)28/h3-10,15,18H,11-14,16-17H2,1-2H3,(H,32,36)/b10-7+/t18-/m1/s1. The lowest BCUT2D eigenvalue weighted by Crippen LogP contribution is -2.58. The van der Waals surface area contributed by atoms with Gasteiger partial charge < -0.3 is 15.0 Å². The fraction of sp³-hybridized carbons (Fsp3) is 0.407. The molecular weight excluding hydrogens is 571 g/mol. The maximum atomic E-state index is 15.6. The molecule has 13 heteroatoms. The van der Waals surface area contributed by atoms with Gasteiger partial charge in [-0.1, -0.05) is 35.9 Å². The van der Waals surface area contributed by atoms with E-state index in [9.17, 15) is 26.8 Å². The van der Waals surface area contributed by atoms with Crippen molar-refractivity contribution in [3.05, 3.63) is 59.6 Å². The van der Waals surface area contributed by atoms with Crippen molar-refractivity contribution in [1.29, 1.82) is 0 Å². The van der Waals surface area contributed by atoms with Gasteiger partial charge in [-0.05, 0) is 31.2 Å². The molecule has 0 radical (unpaired) electrons. The maximum Gasteiger partial charge on any atom is 0.282 e. The van der Waals surface area contributed by atoms with Crippen molar-refractivity contribution in [1.82, 2.24) is 14.5 Å². The molecule has 2 fully saturated rings. The van der Waals surface area contributed by atoms with Crippen LogP contribution in [0.25, 0.3) is 11.1 Å².